The predicted octanol–water partition coefficient (Wildman–Crippen LogP) is 5.04. The SMILES string of the molecule is CCCN(Cc1nc2ccc(Cl)cc2n1CC)C(=O)c1cccc(F)c1F. The van der Waals surface area contributed by atoms with Crippen LogP contribution in [-0.2, 0) is 13.1 Å². The Morgan fingerprint density at radius 3 is 2.70 bits per heavy atom. The van der Waals surface area contributed by atoms with Gasteiger partial charge in [0.1, 0.15) is 5.82 Å². The number of halogens is 3. The maximum Gasteiger partial charge on any atom is 0.257 e. The number of aryl methyl sites for hydroxylation is 1. The molecule has 2 aromatic carbocycles. The topological polar surface area (TPSA) is 38.1 Å². The Labute approximate surface area is 161 Å². The van der Waals surface area contributed by atoms with E-state index in [1.165, 1.54) is 17.0 Å². The first-order valence-corrected chi connectivity index (χ1v) is 9.22. The summed E-state index contributed by atoms with van der Waals surface area (Å²) >= 11 is 6.09. The molecule has 0 unspecified atom stereocenters. The molecule has 3 aromatic rings. The molecular formula is C20H20ClF2N3O. The van der Waals surface area contributed by atoms with E-state index in [1.54, 1.807) is 6.07 Å². The van der Waals surface area contributed by atoms with Crippen molar-refractivity contribution in [3.8, 4) is 0 Å². The zero-order valence-electron chi connectivity index (χ0n) is 15.2. The van der Waals surface area contributed by atoms with E-state index in [4.69, 9.17) is 11.6 Å². The van der Waals surface area contributed by atoms with Crippen molar-refractivity contribution >= 4 is 28.5 Å². The minimum atomic E-state index is -1.13. The molecule has 27 heavy (non-hydrogen) atoms. The zero-order chi connectivity index (χ0) is 19.6. The number of hydrogen-bond donors (Lipinski definition) is 0. The van der Waals surface area contributed by atoms with E-state index < -0.39 is 17.5 Å². The van der Waals surface area contributed by atoms with Gasteiger partial charge in [-0.15, -0.1) is 0 Å². The Bertz CT molecular complexity index is 987. The quantitative estimate of drug-likeness (QED) is 0.590. The number of imidazole rings is 1. The van der Waals surface area contributed by atoms with Crippen molar-refractivity contribution in [2.24, 2.45) is 0 Å². The van der Waals surface area contributed by atoms with Gasteiger partial charge >= 0.3 is 0 Å². The maximum atomic E-state index is 14.1. The van der Waals surface area contributed by atoms with Crippen molar-refractivity contribution < 1.29 is 13.6 Å². The van der Waals surface area contributed by atoms with Crippen molar-refractivity contribution in [1.29, 1.82) is 0 Å². The van der Waals surface area contributed by atoms with Gasteiger partial charge in [-0.3, -0.25) is 4.79 Å². The number of carbonyl (C=O) groups excluding carboxylic acids is 1. The molecular weight excluding hydrogens is 372 g/mol. The second kappa shape index (κ2) is 8.05. The minimum Gasteiger partial charge on any atom is -0.331 e. The number of aromatic nitrogens is 2. The van der Waals surface area contributed by atoms with Crippen LogP contribution in [0.5, 0.6) is 0 Å². The summed E-state index contributed by atoms with van der Waals surface area (Å²) in [5.41, 5.74) is 1.38. The summed E-state index contributed by atoms with van der Waals surface area (Å²) in [6, 6.07) is 9.04. The van der Waals surface area contributed by atoms with Gasteiger partial charge < -0.3 is 9.47 Å². The summed E-state index contributed by atoms with van der Waals surface area (Å²) in [5.74, 6) is -2.04. The van der Waals surface area contributed by atoms with E-state index >= 15 is 0 Å². The van der Waals surface area contributed by atoms with Crippen molar-refractivity contribution in [2.75, 3.05) is 6.54 Å². The van der Waals surface area contributed by atoms with Gasteiger partial charge in [-0.2, -0.15) is 0 Å². The number of hydrogen-bond acceptors (Lipinski definition) is 2. The molecule has 0 atom stereocenters. The normalized spacial score (nSPS) is 11.1. The van der Waals surface area contributed by atoms with E-state index in [-0.39, 0.29) is 12.1 Å². The van der Waals surface area contributed by atoms with Gasteiger partial charge in [0.05, 0.1) is 23.1 Å². The molecule has 0 aliphatic carbocycles. The first kappa shape index (κ1) is 19.3. The van der Waals surface area contributed by atoms with Crippen molar-refractivity contribution in [3.63, 3.8) is 0 Å². The van der Waals surface area contributed by atoms with Gasteiger partial charge in [-0.05, 0) is 43.7 Å². The van der Waals surface area contributed by atoms with Crippen LogP contribution >= 0.6 is 11.6 Å². The fourth-order valence-corrected chi connectivity index (χ4v) is 3.32. The predicted molar refractivity (Wildman–Crippen MR) is 102 cm³/mol. The van der Waals surface area contributed by atoms with Crippen LogP contribution in [0.25, 0.3) is 11.0 Å². The lowest BCUT2D eigenvalue weighted by Gasteiger charge is -2.22. The summed E-state index contributed by atoms with van der Waals surface area (Å²) in [5, 5.41) is 0.604. The van der Waals surface area contributed by atoms with E-state index in [2.05, 4.69) is 4.98 Å². The summed E-state index contributed by atoms with van der Waals surface area (Å²) in [6.07, 6.45) is 0.681. The van der Waals surface area contributed by atoms with Crippen LogP contribution in [0, 0.1) is 11.6 Å². The second-order valence-corrected chi connectivity index (χ2v) is 6.67. The van der Waals surface area contributed by atoms with Gasteiger partial charge in [-0.25, -0.2) is 13.8 Å². The highest BCUT2D eigenvalue weighted by Crippen LogP contribution is 2.23. The monoisotopic (exact) mass is 391 g/mol. The minimum absolute atomic E-state index is 0.197. The van der Waals surface area contributed by atoms with Crippen molar-refractivity contribution in [2.45, 2.75) is 33.4 Å². The van der Waals surface area contributed by atoms with Gasteiger partial charge in [0.15, 0.2) is 11.6 Å². The lowest BCUT2D eigenvalue weighted by atomic mass is 10.1. The molecule has 1 heterocycles. The van der Waals surface area contributed by atoms with Crippen molar-refractivity contribution in [1.82, 2.24) is 14.5 Å². The fraction of sp³-hybridized carbons (Fsp3) is 0.300. The van der Waals surface area contributed by atoms with Crippen LogP contribution in [0.3, 0.4) is 0 Å². The van der Waals surface area contributed by atoms with Crippen molar-refractivity contribution in [3.05, 3.63) is 64.4 Å². The maximum absolute atomic E-state index is 14.1. The molecule has 1 aromatic heterocycles. The first-order chi connectivity index (χ1) is 13.0. The van der Waals surface area contributed by atoms with Crippen LogP contribution in [0.15, 0.2) is 36.4 Å². The number of rotatable bonds is 6. The summed E-state index contributed by atoms with van der Waals surface area (Å²) in [7, 11) is 0. The number of carbonyl (C=O) groups is 1. The van der Waals surface area contributed by atoms with Crippen LogP contribution in [0.2, 0.25) is 5.02 Å². The number of fused-ring (bicyclic) bond motifs is 1. The van der Waals surface area contributed by atoms with Crippen LogP contribution < -0.4 is 0 Å². The zero-order valence-corrected chi connectivity index (χ0v) is 15.9. The molecule has 0 radical (unpaired) electrons. The van der Waals surface area contributed by atoms with Gasteiger partial charge in [-0.1, -0.05) is 24.6 Å². The highest BCUT2D eigenvalue weighted by atomic mass is 35.5. The highest BCUT2D eigenvalue weighted by molar-refractivity contribution is 6.31. The van der Waals surface area contributed by atoms with Crippen LogP contribution in [0.4, 0.5) is 8.78 Å². The smallest absolute Gasteiger partial charge is 0.257 e. The Morgan fingerprint density at radius 1 is 1.22 bits per heavy atom. The molecule has 7 heteroatoms. The van der Waals surface area contributed by atoms with Gasteiger partial charge in [0.2, 0.25) is 0 Å². The van der Waals surface area contributed by atoms with E-state index in [9.17, 15) is 13.6 Å². The molecule has 0 bridgehead atoms. The third-order valence-corrected chi connectivity index (χ3v) is 4.64. The third kappa shape index (κ3) is 3.81. The average molecular weight is 392 g/mol. The molecule has 0 spiro atoms. The van der Waals surface area contributed by atoms with E-state index in [0.717, 1.165) is 17.1 Å². The molecule has 0 aliphatic rings. The average Bonchev–Trinajstić information content (AvgIpc) is 2.99. The Morgan fingerprint density at radius 2 is 2.00 bits per heavy atom. The van der Waals surface area contributed by atoms with Gasteiger partial charge in [0.25, 0.3) is 5.91 Å². The molecule has 3 rings (SSSR count). The fourth-order valence-electron chi connectivity index (χ4n) is 3.15. The molecule has 1 amide bonds. The molecule has 0 N–H and O–H groups in total. The van der Waals surface area contributed by atoms with E-state index in [0.29, 0.717) is 30.4 Å². The number of nitrogens with zero attached hydrogens (tertiary/aromatic N) is 3. The lowest BCUT2D eigenvalue weighted by Crippen LogP contribution is -2.33. The summed E-state index contributed by atoms with van der Waals surface area (Å²) < 4.78 is 29.6. The molecule has 0 saturated carbocycles. The standard InChI is InChI=1S/C20H20ClF2N3O/c1-3-10-25(20(27)14-6-5-7-15(22)19(14)23)12-18-24-16-9-8-13(21)11-17(16)26(18)4-2/h5-9,11H,3-4,10,12H2,1-2H3. The number of benzene rings is 2. The summed E-state index contributed by atoms with van der Waals surface area (Å²) in [4.78, 5) is 18.9. The molecule has 0 aliphatic heterocycles. The first-order valence-electron chi connectivity index (χ1n) is 8.84. The Kier molecular flexibility index (Phi) is 5.75. The third-order valence-electron chi connectivity index (χ3n) is 4.40. The molecule has 0 saturated heterocycles. The summed E-state index contributed by atoms with van der Waals surface area (Å²) in [6.45, 7) is 5.15. The lowest BCUT2D eigenvalue weighted by molar-refractivity contribution is 0.0731. The molecule has 4 nitrogen and oxygen atoms in total. The molecule has 142 valence electrons. The highest BCUT2D eigenvalue weighted by Gasteiger charge is 2.23. The Hall–Kier alpha value is -2.47. The van der Waals surface area contributed by atoms with E-state index in [1.807, 2.05) is 30.5 Å². The van der Waals surface area contributed by atoms with Crippen LogP contribution in [-0.4, -0.2) is 26.9 Å². The molecule has 0 fully saturated rings. The second-order valence-electron chi connectivity index (χ2n) is 6.23. The van der Waals surface area contributed by atoms with Crippen LogP contribution in [0.1, 0.15) is 36.5 Å². The Balaban J connectivity index is 1.98. The number of amides is 1. The largest absolute Gasteiger partial charge is 0.331 e. The van der Waals surface area contributed by atoms with Gasteiger partial charge in [0, 0.05) is 18.1 Å².